The Kier molecular flexibility index (Phi) is 5.08. The molecular formula is C16H32N2. The van der Waals surface area contributed by atoms with Crippen molar-refractivity contribution < 1.29 is 0 Å². The van der Waals surface area contributed by atoms with Crippen molar-refractivity contribution in [2.45, 2.75) is 77.3 Å². The van der Waals surface area contributed by atoms with E-state index in [0.29, 0.717) is 11.6 Å². The minimum atomic E-state index is 0.348. The SMILES string of the molecule is CCC1CN(CCC2CCCCC2)C(C)(C)CN1. The van der Waals surface area contributed by atoms with Crippen LogP contribution in [-0.4, -0.2) is 36.1 Å². The van der Waals surface area contributed by atoms with Gasteiger partial charge < -0.3 is 5.32 Å². The summed E-state index contributed by atoms with van der Waals surface area (Å²) in [5, 5.41) is 3.69. The van der Waals surface area contributed by atoms with Gasteiger partial charge in [-0.25, -0.2) is 0 Å². The van der Waals surface area contributed by atoms with E-state index in [9.17, 15) is 0 Å². The van der Waals surface area contributed by atoms with Crippen molar-refractivity contribution >= 4 is 0 Å². The number of piperazine rings is 1. The highest BCUT2D eigenvalue weighted by atomic mass is 15.3. The van der Waals surface area contributed by atoms with Crippen LogP contribution in [-0.2, 0) is 0 Å². The fraction of sp³-hybridized carbons (Fsp3) is 1.00. The summed E-state index contributed by atoms with van der Waals surface area (Å²) in [6.07, 6.45) is 10.1. The Morgan fingerprint density at radius 2 is 1.89 bits per heavy atom. The normalized spacial score (nSPS) is 30.5. The van der Waals surface area contributed by atoms with Crippen LogP contribution >= 0.6 is 0 Å². The van der Waals surface area contributed by atoms with Crippen molar-refractivity contribution in [2.24, 2.45) is 5.92 Å². The van der Waals surface area contributed by atoms with Crippen LogP contribution in [0.25, 0.3) is 0 Å². The average Bonchev–Trinajstić information content (AvgIpc) is 2.38. The van der Waals surface area contributed by atoms with Crippen LogP contribution in [0, 0.1) is 5.92 Å². The summed E-state index contributed by atoms with van der Waals surface area (Å²) in [5.41, 5.74) is 0.348. The second-order valence-corrected chi connectivity index (χ2v) is 7.04. The molecule has 2 nitrogen and oxygen atoms in total. The Hall–Kier alpha value is -0.0800. The van der Waals surface area contributed by atoms with Gasteiger partial charge in [-0.3, -0.25) is 4.90 Å². The summed E-state index contributed by atoms with van der Waals surface area (Å²) < 4.78 is 0. The van der Waals surface area contributed by atoms with E-state index >= 15 is 0 Å². The molecule has 0 radical (unpaired) electrons. The van der Waals surface area contributed by atoms with Crippen molar-refractivity contribution in [3.8, 4) is 0 Å². The molecule has 0 aromatic carbocycles. The zero-order chi connectivity index (χ0) is 13.0. The second-order valence-electron chi connectivity index (χ2n) is 7.04. The molecule has 0 spiro atoms. The Labute approximate surface area is 114 Å². The average molecular weight is 252 g/mol. The Morgan fingerprint density at radius 1 is 1.17 bits per heavy atom. The third kappa shape index (κ3) is 3.71. The van der Waals surface area contributed by atoms with Gasteiger partial charge in [-0.15, -0.1) is 0 Å². The quantitative estimate of drug-likeness (QED) is 0.825. The van der Waals surface area contributed by atoms with Crippen LogP contribution in [0.4, 0.5) is 0 Å². The van der Waals surface area contributed by atoms with Gasteiger partial charge in [-0.05, 0) is 39.2 Å². The van der Waals surface area contributed by atoms with Gasteiger partial charge in [-0.2, -0.15) is 0 Å². The van der Waals surface area contributed by atoms with Crippen LogP contribution in [0.3, 0.4) is 0 Å². The van der Waals surface area contributed by atoms with E-state index in [4.69, 9.17) is 0 Å². The third-order valence-corrected chi connectivity index (χ3v) is 5.14. The Morgan fingerprint density at radius 3 is 2.56 bits per heavy atom. The molecule has 18 heavy (non-hydrogen) atoms. The smallest absolute Gasteiger partial charge is 0.0278 e. The lowest BCUT2D eigenvalue weighted by molar-refractivity contribution is 0.0575. The molecule has 1 heterocycles. The summed E-state index contributed by atoms with van der Waals surface area (Å²) in [7, 11) is 0. The van der Waals surface area contributed by atoms with Crippen molar-refractivity contribution in [1.29, 1.82) is 0 Å². The lowest BCUT2D eigenvalue weighted by Gasteiger charge is -2.46. The predicted octanol–water partition coefficient (Wildman–Crippen LogP) is 3.42. The molecule has 1 saturated carbocycles. The minimum Gasteiger partial charge on any atom is -0.311 e. The lowest BCUT2D eigenvalue weighted by Crippen LogP contribution is -2.62. The Bertz CT molecular complexity index is 243. The van der Waals surface area contributed by atoms with Crippen LogP contribution in [0.15, 0.2) is 0 Å². The summed E-state index contributed by atoms with van der Waals surface area (Å²) in [5.74, 6) is 1.02. The van der Waals surface area contributed by atoms with Gasteiger partial charge >= 0.3 is 0 Å². The summed E-state index contributed by atoms with van der Waals surface area (Å²) in [6.45, 7) is 10.8. The number of rotatable bonds is 4. The van der Waals surface area contributed by atoms with Crippen molar-refractivity contribution in [3.63, 3.8) is 0 Å². The molecule has 1 saturated heterocycles. The van der Waals surface area contributed by atoms with Crippen LogP contribution in [0.5, 0.6) is 0 Å². The zero-order valence-electron chi connectivity index (χ0n) is 12.7. The number of nitrogens with zero attached hydrogens (tertiary/aromatic N) is 1. The maximum absolute atomic E-state index is 3.69. The molecule has 1 unspecified atom stereocenters. The molecule has 1 atom stereocenters. The molecule has 1 aliphatic heterocycles. The van der Waals surface area contributed by atoms with E-state index < -0.39 is 0 Å². The van der Waals surface area contributed by atoms with Crippen molar-refractivity contribution in [2.75, 3.05) is 19.6 Å². The Balaban J connectivity index is 1.81. The van der Waals surface area contributed by atoms with Crippen molar-refractivity contribution in [3.05, 3.63) is 0 Å². The van der Waals surface area contributed by atoms with E-state index in [1.807, 2.05) is 0 Å². The summed E-state index contributed by atoms with van der Waals surface area (Å²) >= 11 is 0. The standard InChI is InChI=1S/C16H32N2/c1-4-15-12-18(16(2,3)13-17-15)11-10-14-8-6-5-7-9-14/h14-15,17H,4-13H2,1-3H3. The highest BCUT2D eigenvalue weighted by Crippen LogP contribution is 2.28. The molecule has 0 aromatic heterocycles. The molecule has 0 bridgehead atoms. The van der Waals surface area contributed by atoms with Gasteiger partial charge in [0, 0.05) is 24.7 Å². The van der Waals surface area contributed by atoms with E-state index in [2.05, 4.69) is 31.0 Å². The maximum atomic E-state index is 3.69. The maximum Gasteiger partial charge on any atom is 0.0278 e. The van der Waals surface area contributed by atoms with E-state index in [-0.39, 0.29) is 0 Å². The highest BCUT2D eigenvalue weighted by molar-refractivity contribution is 4.92. The first-order chi connectivity index (χ1) is 8.62. The van der Waals surface area contributed by atoms with Crippen LogP contribution in [0.1, 0.15) is 65.7 Å². The van der Waals surface area contributed by atoms with E-state index in [1.54, 1.807) is 0 Å². The van der Waals surface area contributed by atoms with Gasteiger partial charge in [0.05, 0.1) is 0 Å². The van der Waals surface area contributed by atoms with Crippen molar-refractivity contribution in [1.82, 2.24) is 10.2 Å². The van der Waals surface area contributed by atoms with Gasteiger partial charge in [0.15, 0.2) is 0 Å². The van der Waals surface area contributed by atoms with Crippen LogP contribution in [0.2, 0.25) is 0 Å². The van der Waals surface area contributed by atoms with E-state index in [1.165, 1.54) is 58.0 Å². The van der Waals surface area contributed by atoms with Gasteiger partial charge in [0.1, 0.15) is 0 Å². The molecule has 2 heteroatoms. The van der Waals surface area contributed by atoms with Gasteiger partial charge in [-0.1, -0.05) is 39.0 Å². The molecule has 1 N–H and O–H groups in total. The summed E-state index contributed by atoms with van der Waals surface area (Å²) in [6, 6.07) is 0.712. The highest BCUT2D eigenvalue weighted by Gasteiger charge is 2.33. The number of nitrogens with one attached hydrogen (secondary N) is 1. The first-order valence-corrected chi connectivity index (χ1v) is 8.10. The number of hydrogen-bond acceptors (Lipinski definition) is 2. The fourth-order valence-electron chi connectivity index (χ4n) is 3.57. The first kappa shape index (κ1) is 14.3. The predicted molar refractivity (Wildman–Crippen MR) is 78.9 cm³/mol. The molecular weight excluding hydrogens is 220 g/mol. The fourth-order valence-corrected chi connectivity index (χ4v) is 3.57. The molecule has 2 fully saturated rings. The zero-order valence-corrected chi connectivity index (χ0v) is 12.7. The molecule has 0 amide bonds. The monoisotopic (exact) mass is 252 g/mol. The summed E-state index contributed by atoms with van der Waals surface area (Å²) in [4.78, 5) is 2.74. The van der Waals surface area contributed by atoms with Gasteiger partial charge in [0.2, 0.25) is 0 Å². The van der Waals surface area contributed by atoms with Crippen LogP contribution < -0.4 is 5.32 Å². The molecule has 106 valence electrons. The molecule has 2 rings (SSSR count). The second kappa shape index (κ2) is 6.38. The molecule has 0 aromatic rings. The minimum absolute atomic E-state index is 0.348. The third-order valence-electron chi connectivity index (χ3n) is 5.14. The topological polar surface area (TPSA) is 15.3 Å². The first-order valence-electron chi connectivity index (χ1n) is 8.10. The molecule has 1 aliphatic carbocycles. The number of hydrogen-bond donors (Lipinski definition) is 1. The molecule has 2 aliphatic rings. The van der Waals surface area contributed by atoms with Gasteiger partial charge in [0.25, 0.3) is 0 Å². The lowest BCUT2D eigenvalue weighted by atomic mass is 9.86. The largest absolute Gasteiger partial charge is 0.311 e. The van der Waals surface area contributed by atoms with E-state index in [0.717, 1.165) is 12.5 Å².